The molecular formula is C18H38N2O2. The van der Waals surface area contributed by atoms with Gasteiger partial charge >= 0.3 is 5.97 Å². The van der Waals surface area contributed by atoms with Crippen LogP contribution >= 0.6 is 0 Å². The van der Waals surface area contributed by atoms with Crippen molar-refractivity contribution < 1.29 is 9.53 Å². The van der Waals surface area contributed by atoms with Gasteiger partial charge in [0.15, 0.2) is 0 Å². The van der Waals surface area contributed by atoms with Crippen LogP contribution in [0.15, 0.2) is 0 Å². The van der Waals surface area contributed by atoms with Gasteiger partial charge in [-0.1, -0.05) is 71.1 Å². The number of hydrogen-bond acceptors (Lipinski definition) is 4. The van der Waals surface area contributed by atoms with Crippen molar-refractivity contribution in [3.05, 3.63) is 0 Å². The SMILES string of the molecule is CCCCCCCCCCCCOC(=O)[C@@H](N)CCCCN. The van der Waals surface area contributed by atoms with Crippen molar-refractivity contribution in [1.29, 1.82) is 0 Å². The standard InChI is InChI=1S/C18H38N2O2/c1-2-3-4-5-6-7-8-9-10-13-16-22-18(21)17(20)14-11-12-15-19/h17H,2-16,19-20H2,1H3/t17-/m0/s1. The molecule has 0 amide bonds. The number of carbonyl (C=O) groups excluding carboxylic acids is 1. The zero-order valence-corrected chi connectivity index (χ0v) is 14.7. The van der Waals surface area contributed by atoms with Gasteiger partial charge in [0.1, 0.15) is 6.04 Å². The number of hydrogen-bond donors (Lipinski definition) is 2. The fraction of sp³-hybridized carbons (Fsp3) is 0.944. The van der Waals surface area contributed by atoms with Crippen LogP contribution in [0.25, 0.3) is 0 Å². The van der Waals surface area contributed by atoms with E-state index in [-0.39, 0.29) is 5.97 Å². The molecule has 4 heteroatoms. The van der Waals surface area contributed by atoms with Gasteiger partial charge < -0.3 is 16.2 Å². The first-order valence-electron chi connectivity index (χ1n) is 9.34. The van der Waals surface area contributed by atoms with E-state index < -0.39 is 6.04 Å². The van der Waals surface area contributed by atoms with Crippen LogP contribution in [0.3, 0.4) is 0 Å². The summed E-state index contributed by atoms with van der Waals surface area (Å²) in [6.45, 7) is 3.42. The first-order chi connectivity index (χ1) is 10.7. The fourth-order valence-electron chi connectivity index (χ4n) is 2.50. The van der Waals surface area contributed by atoms with E-state index in [1.165, 1.54) is 51.4 Å². The maximum absolute atomic E-state index is 11.6. The summed E-state index contributed by atoms with van der Waals surface area (Å²) in [6.07, 6.45) is 15.3. The van der Waals surface area contributed by atoms with Crippen molar-refractivity contribution >= 4 is 5.97 Å². The zero-order chi connectivity index (χ0) is 16.5. The molecule has 0 aromatic carbocycles. The highest BCUT2D eigenvalue weighted by Gasteiger charge is 2.13. The minimum absolute atomic E-state index is 0.257. The summed E-state index contributed by atoms with van der Waals surface area (Å²) in [6, 6.07) is -0.477. The molecule has 0 radical (unpaired) electrons. The summed E-state index contributed by atoms with van der Waals surface area (Å²) < 4.78 is 5.21. The first-order valence-corrected chi connectivity index (χ1v) is 9.34. The van der Waals surface area contributed by atoms with E-state index in [0.29, 0.717) is 19.6 Å². The van der Waals surface area contributed by atoms with Crippen LogP contribution in [0.4, 0.5) is 0 Å². The minimum Gasteiger partial charge on any atom is -0.465 e. The Hall–Kier alpha value is -0.610. The molecule has 0 unspecified atom stereocenters. The summed E-state index contributed by atoms with van der Waals surface area (Å²) >= 11 is 0. The third-order valence-corrected chi connectivity index (χ3v) is 4.01. The molecule has 4 nitrogen and oxygen atoms in total. The van der Waals surface area contributed by atoms with E-state index in [4.69, 9.17) is 16.2 Å². The third kappa shape index (κ3) is 14.3. The second-order valence-corrected chi connectivity index (χ2v) is 6.24. The number of nitrogens with two attached hydrogens (primary N) is 2. The summed E-state index contributed by atoms with van der Waals surface area (Å²) in [7, 11) is 0. The summed E-state index contributed by atoms with van der Waals surface area (Å²) in [5.41, 5.74) is 11.2. The lowest BCUT2D eigenvalue weighted by Gasteiger charge is -2.11. The monoisotopic (exact) mass is 314 g/mol. The van der Waals surface area contributed by atoms with E-state index >= 15 is 0 Å². The van der Waals surface area contributed by atoms with E-state index in [1.807, 2.05) is 0 Å². The van der Waals surface area contributed by atoms with Crippen molar-refractivity contribution in [2.45, 2.75) is 96.4 Å². The molecule has 132 valence electrons. The molecule has 4 N–H and O–H groups in total. The number of rotatable bonds is 16. The van der Waals surface area contributed by atoms with E-state index in [1.54, 1.807) is 0 Å². The summed E-state index contributed by atoms with van der Waals surface area (Å²) in [4.78, 5) is 11.6. The van der Waals surface area contributed by atoms with Crippen molar-refractivity contribution in [1.82, 2.24) is 0 Å². The molecule has 0 aliphatic rings. The lowest BCUT2D eigenvalue weighted by atomic mass is 10.1. The molecule has 0 aliphatic carbocycles. The Bertz CT molecular complexity index is 247. The van der Waals surface area contributed by atoms with Crippen LogP contribution in [0.5, 0.6) is 0 Å². The van der Waals surface area contributed by atoms with Gasteiger partial charge in [0.25, 0.3) is 0 Å². The number of esters is 1. The molecular weight excluding hydrogens is 276 g/mol. The summed E-state index contributed by atoms with van der Waals surface area (Å²) in [5.74, 6) is -0.257. The molecule has 0 heterocycles. The Kier molecular flexibility index (Phi) is 16.3. The third-order valence-electron chi connectivity index (χ3n) is 4.01. The predicted molar refractivity (Wildman–Crippen MR) is 93.7 cm³/mol. The zero-order valence-electron chi connectivity index (χ0n) is 14.7. The van der Waals surface area contributed by atoms with Crippen molar-refractivity contribution in [3.63, 3.8) is 0 Å². The Balaban J connectivity index is 3.26. The molecule has 0 spiro atoms. The molecule has 0 fully saturated rings. The molecule has 0 aromatic heterocycles. The average Bonchev–Trinajstić information content (AvgIpc) is 2.52. The van der Waals surface area contributed by atoms with Crippen LogP contribution in [-0.4, -0.2) is 25.2 Å². The fourth-order valence-corrected chi connectivity index (χ4v) is 2.50. The molecule has 1 atom stereocenters. The second-order valence-electron chi connectivity index (χ2n) is 6.24. The van der Waals surface area contributed by atoms with Crippen LogP contribution in [0.2, 0.25) is 0 Å². The Morgan fingerprint density at radius 2 is 1.41 bits per heavy atom. The van der Waals surface area contributed by atoms with Crippen LogP contribution in [-0.2, 0) is 9.53 Å². The van der Waals surface area contributed by atoms with E-state index in [9.17, 15) is 4.79 Å². The lowest BCUT2D eigenvalue weighted by molar-refractivity contribution is -0.145. The highest BCUT2D eigenvalue weighted by Crippen LogP contribution is 2.10. The Labute approximate surface area is 137 Å². The lowest BCUT2D eigenvalue weighted by Crippen LogP contribution is -2.32. The molecule has 0 saturated heterocycles. The van der Waals surface area contributed by atoms with Crippen molar-refractivity contribution in [2.75, 3.05) is 13.2 Å². The maximum atomic E-state index is 11.6. The highest BCUT2D eigenvalue weighted by atomic mass is 16.5. The topological polar surface area (TPSA) is 78.3 Å². The maximum Gasteiger partial charge on any atom is 0.322 e. The molecule has 0 bridgehead atoms. The second kappa shape index (κ2) is 16.8. The van der Waals surface area contributed by atoms with Crippen LogP contribution < -0.4 is 11.5 Å². The van der Waals surface area contributed by atoms with Gasteiger partial charge in [-0.25, -0.2) is 0 Å². The quantitative estimate of drug-likeness (QED) is 0.334. The Morgan fingerprint density at radius 3 is 1.95 bits per heavy atom. The molecule has 0 aromatic rings. The normalized spacial score (nSPS) is 12.3. The van der Waals surface area contributed by atoms with Gasteiger partial charge in [-0.05, 0) is 25.8 Å². The number of carbonyl (C=O) groups is 1. The number of ether oxygens (including phenoxy) is 1. The Morgan fingerprint density at radius 1 is 0.864 bits per heavy atom. The first kappa shape index (κ1) is 21.4. The number of unbranched alkanes of at least 4 members (excludes halogenated alkanes) is 10. The van der Waals surface area contributed by atoms with Gasteiger partial charge in [0.2, 0.25) is 0 Å². The van der Waals surface area contributed by atoms with Gasteiger partial charge in [0, 0.05) is 0 Å². The van der Waals surface area contributed by atoms with Crippen LogP contribution in [0.1, 0.15) is 90.4 Å². The van der Waals surface area contributed by atoms with Crippen LogP contribution in [0, 0.1) is 0 Å². The van der Waals surface area contributed by atoms with Gasteiger partial charge in [-0.3, -0.25) is 4.79 Å². The van der Waals surface area contributed by atoms with Gasteiger partial charge in [0.05, 0.1) is 6.61 Å². The average molecular weight is 315 g/mol. The van der Waals surface area contributed by atoms with Gasteiger partial charge in [-0.2, -0.15) is 0 Å². The largest absolute Gasteiger partial charge is 0.465 e. The molecule has 22 heavy (non-hydrogen) atoms. The smallest absolute Gasteiger partial charge is 0.322 e. The predicted octanol–water partition coefficient (Wildman–Crippen LogP) is 3.91. The van der Waals surface area contributed by atoms with Crippen molar-refractivity contribution in [2.24, 2.45) is 11.5 Å². The van der Waals surface area contributed by atoms with E-state index in [2.05, 4.69) is 6.92 Å². The molecule has 0 rings (SSSR count). The van der Waals surface area contributed by atoms with Gasteiger partial charge in [-0.15, -0.1) is 0 Å². The minimum atomic E-state index is -0.477. The van der Waals surface area contributed by atoms with E-state index in [0.717, 1.165) is 25.7 Å². The summed E-state index contributed by atoms with van der Waals surface area (Å²) in [5, 5.41) is 0. The molecule has 0 aliphatic heterocycles. The molecule has 0 saturated carbocycles. The highest BCUT2D eigenvalue weighted by molar-refractivity contribution is 5.75. The van der Waals surface area contributed by atoms with Crippen molar-refractivity contribution in [3.8, 4) is 0 Å².